The van der Waals surface area contributed by atoms with Crippen LogP contribution in [0.4, 0.5) is 25.0 Å². The molecular weight excluding hydrogens is 384 g/mol. The van der Waals surface area contributed by atoms with E-state index in [1.165, 1.54) is 29.2 Å². The fourth-order valence-electron chi connectivity index (χ4n) is 2.97. The quantitative estimate of drug-likeness (QED) is 0.750. The van der Waals surface area contributed by atoms with Crippen molar-refractivity contribution in [1.29, 1.82) is 0 Å². The number of hydrogen-bond acceptors (Lipinski definition) is 4. The summed E-state index contributed by atoms with van der Waals surface area (Å²) in [5.41, 5.74) is 1.90. The van der Waals surface area contributed by atoms with E-state index in [2.05, 4.69) is 10.1 Å². The number of hydrogen-bond donors (Lipinski definition) is 1. The first-order chi connectivity index (χ1) is 13.8. The Morgan fingerprint density at radius 1 is 1.10 bits per heavy atom. The zero-order valence-electron chi connectivity index (χ0n) is 15.8. The minimum absolute atomic E-state index is 0.0505. The van der Waals surface area contributed by atoms with Gasteiger partial charge in [-0.05, 0) is 50.2 Å². The van der Waals surface area contributed by atoms with Crippen molar-refractivity contribution in [3.05, 3.63) is 54.1 Å². The number of rotatable bonds is 6. The van der Waals surface area contributed by atoms with E-state index < -0.39 is 37.0 Å². The average Bonchev–Trinajstić information content (AvgIpc) is 2.87. The number of aryl methyl sites for hydroxylation is 1. The second-order valence-electron chi connectivity index (χ2n) is 6.54. The number of halogens is 2. The van der Waals surface area contributed by atoms with E-state index in [1.807, 2.05) is 19.1 Å². The van der Waals surface area contributed by atoms with Crippen molar-refractivity contribution in [3.8, 4) is 5.75 Å². The van der Waals surface area contributed by atoms with Crippen LogP contribution in [-0.4, -0.2) is 41.9 Å². The number of alkyl halides is 2. The van der Waals surface area contributed by atoms with Gasteiger partial charge < -0.3 is 10.1 Å². The SMILES string of the molecule is Cc1ccc(N2C(=O)N(CC(=O)Nc3ccc(OC(F)F)cc3)C(=O)C2C)cc1. The number of nitrogens with zero attached hydrogens (tertiary/aromatic N) is 2. The van der Waals surface area contributed by atoms with Gasteiger partial charge in [0.15, 0.2) is 0 Å². The molecule has 2 aromatic carbocycles. The van der Waals surface area contributed by atoms with Gasteiger partial charge in [0.25, 0.3) is 5.91 Å². The van der Waals surface area contributed by atoms with Crippen LogP contribution in [0.3, 0.4) is 0 Å². The maximum absolute atomic E-state index is 12.7. The van der Waals surface area contributed by atoms with E-state index >= 15 is 0 Å². The standard InChI is InChI=1S/C20H19F2N3O4/c1-12-3-7-15(8-4-12)25-13(2)18(27)24(20(25)28)11-17(26)23-14-5-9-16(10-6-14)29-19(21)22/h3-10,13,19H,11H2,1-2H3,(H,23,26). The molecule has 2 aromatic rings. The van der Waals surface area contributed by atoms with Crippen LogP contribution in [0.15, 0.2) is 48.5 Å². The highest BCUT2D eigenvalue weighted by Gasteiger charge is 2.44. The van der Waals surface area contributed by atoms with Crippen molar-refractivity contribution in [2.45, 2.75) is 26.5 Å². The molecule has 152 valence electrons. The zero-order valence-corrected chi connectivity index (χ0v) is 15.8. The van der Waals surface area contributed by atoms with Gasteiger partial charge in [0.05, 0.1) is 0 Å². The number of imide groups is 1. The molecule has 1 heterocycles. The average molecular weight is 403 g/mol. The van der Waals surface area contributed by atoms with Crippen LogP contribution >= 0.6 is 0 Å². The van der Waals surface area contributed by atoms with Crippen molar-refractivity contribution in [3.63, 3.8) is 0 Å². The van der Waals surface area contributed by atoms with Gasteiger partial charge in [-0.15, -0.1) is 0 Å². The molecule has 7 nitrogen and oxygen atoms in total. The lowest BCUT2D eigenvalue weighted by atomic mass is 10.2. The van der Waals surface area contributed by atoms with Crippen LogP contribution in [0.25, 0.3) is 0 Å². The normalized spacial score (nSPS) is 16.5. The summed E-state index contributed by atoms with van der Waals surface area (Å²) in [5.74, 6) is -1.12. The largest absolute Gasteiger partial charge is 0.435 e. The Balaban J connectivity index is 1.66. The van der Waals surface area contributed by atoms with E-state index in [-0.39, 0.29) is 5.75 Å². The highest BCUT2D eigenvalue weighted by Crippen LogP contribution is 2.26. The zero-order chi connectivity index (χ0) is 21.1. The van der Waals surface area contributed by atoms with Gasteiger partial charge in [-0.25, -0.2) is 4.79 Å². The van der Waals surface area contributed by atoms with Crippen molar-refractivity contribution in [2.24, 2.45) is 0 Å². The molecule has 0 bridgehead atoms. The molecule has 4 amide bonds. The Bertz CT molecular complexity index is 916. The maximum atomic E-state index is 12.7. The van der Waals surface area contributed by atoms with Crippen molar-refractivity contribution in [2.75, 3.05) is 16.8 Å². The number of ether oxygens (including phenoxy) is 1. The highest BCUT2D eigenvalue weighted by atomic mass is 19.3. The Labute approximate surface area is 165 Å². The van der Waals surface area contributed by atoms with Crippen molar-refractivity contribution in [1.82, 2.24) is 4.90 Å². The van der Waals surface area contributed by atoms with Gasteiger partial charge in [0.1, 0.15) is 18.3 Å². The topological polar surface area (TPSA) is 79.0 Å². The van der Waals surface area contributed by atoms with Crippen molar-refractivity contribution >= 4 is 29.2 Å². The Morgan fingerprint density at radius 3 is 2.31 bits per heavy atom. The van der Waals surface area contributed by atoms with Crippen LogP contribution in [0.2, 0.25) is 0 Å². The third kappa shape index (κ3) is 4.50. The molecular formula is C20H19F2N3O4. The van der Waals surface area contributed by atoms with Gasteiger partial charge >= 0.3 is 12.6 Å². The van der Waals surface area contributed by atoms with Crippen LogP contribution < -0.4 is 15.0 Å². The smallest absolute Gasteiger partial charge is 0.387 e. The minimum atomic E-state index is -2.94. The summed E-state index contributed by atoms with van der Waals surface area (Å²) in [7, 11) is 0. The number of amides is 4. The lowest BCUT2D eigenvalue weighted by Crippen LogP contribution is -2.39. The van der Waals surface area contributed by atoms with Crippen LogP contribution in [-0.2, 0) is 9.59 Å². The molecule has 29 heavy (non-hydrogen) atoms. The summed E-state index contributed by atoms with van der Waals surface area (Å²) in [4.78, 5) is 39.7. The Hall–Kier alpha value is -3.49. The first kappa shape index (κ1) is 20.2. The van der Waals surface area contributed by atoms with Gasteiger partial charge in [-0.1, -0.05) is 17.7 Å². The number of carbonyl (C=O) groups excluding carboxylic acids is 3. The first-order valence-electron chi connectivity index (χ1n) is 8.82. The van der Waals surface area contributed by atoms with E-state index in [0.717, 1.165) is 10.5 Å². The van der Waals surface area contributed by atoms with Crippen LogP contribution in [0.5, 0.6) is 5.75 Å². The predicted octanol–water partition coefficient (Wildman–Crippen LogP) is 3.39. The second-order valence-corrected chi connectivity index (χ2v) is 6.54. The molecule has 9 heteroatoms. The number of urea groups is 1. The maximum Gasteiger partial charge on any atom is 0.387 e. The molecule has 0 spiro atoms. The summed E-state index contributed by atoms with van der Waals surface area (Å²) in [6, 6.07) is 11.1. The van der Waals surface area contributed by atoms with Gasteiger partial charge in [0, 0.05) is 11.4 Å². The molecule has 0 aliphatic carbocycles. The fourth-order valence-corrected chi connectivity index (χ4v) is 2.97. The number of nitrogens with one attached hydrogen (secondary N) is 1. The Morgan fingerprint density at radius 2 is 1.72 bits per heavy atom. The van der Waals surface area contributed by atoms with Gasteiger partial charge in [-0.3, -0.25) is 19.4 Å². The number of carbonyl (C=O) groups is 3. The van der Waals surface area contributed by atoms with Crippen molar-refractivity contribution < 1.29 is 27.9 Å². The third-order valence-corrected chi connectivity index (χ3v) is 4.42. The van der Waals surface area contributed by atoms with E-state index in [9.17, 15) is 23.2 Å². The first-order valence-corrected chi connectivity index (χ1v) is 8.82. The molecule has 1 aliphatic rings. The van der Waals surface area contributed by atoms with E-state index in [4.69, 9.17) is 0 Å². The summed E-state index contributed by atoms with van der Waals surface area (Å²) in [5, 5.41) is 2.52. The summed E-state index contributed by atoms with van der Waals surface area (Å²) >= 11 is 0. The third-order valence-electron chi connectivity index (χ3n) is 4.42. The molecule has 1 fully saturated rings. The molecule has 0 saturated carbocycles. The van der Waals surface area contributed by atoms with E-state index in [0.29, 0.717) is 11.4 Å². The number of benzene rings is 2. The summed E-state index contributed by atoms with van der Waals surface area (Å²) < 4.78 is 28.6. The molecule has 1 saturated heterocycles. The molecule has 1 N–H and O–H groups in total. The molecule has 1 aliphatic heterocycles. The molecule has 1 unspecified atom stereocenters. The summed E-state index contributed by atoms with van der Waals surface area (Å²) in [6.45, 7) is 0.105. The summed E-state index contributed by atoms with van der Waals surface area (Å²) in [6.07, 6.45) is 0. The lowest BCUT2D eigenvalue weighted by molar-refractivity contribution is -0.130. The predicted molar refractivity (Wildman–Crippen MR) is 102 cm³/mol. The second kappa shape index (κ2) is 8.26. The Kier molecular flexibility index (Phi) is 5.76. The fraction of sp³-hybridized carbons (Fsp3) is 0.250. The van der Waals surface area contributed by atoms with E-state index in [1.54, 1.807) is 19.1 Å². The van der Waals surface area contributed by atoms with Crippen LogP contribution in [0.1, 0.15) is 12.5 Å². The molecule has 0 aromatic heterocycles. The molecule has 0 radical (unpaired) electrons. The molecule has 1 atom stereocenters. The van der Waals surface area contributed by atoms with Crippen LogP contribution in [0, 0.1) is 6.92 Å². The lowest BCUT2D eigenvalue weighted by Gasteiger charge is -2.19. The minimum Gasteiger partial charge on any atom is -0.435 e. The number of anilines is 2. The highest BCUT2D eigenvalue weighted by molar-refractivity contribution is 6.16. The molecule has 3 rings (SSSR count). The van der Waals surface area contributed by atoms with Gasteiger partial charge in [-0.2, -0.15) is 8.78 Å². The van der Waals surface area contributed by atoms with Gasteiger partial charge in [0.2, 0.25) is 5.91 Å². The monoisotopic (exact) mass is 403 g/mol.